The number of nitrogens with zero attached hydrogens (tertiary/aromatic N) is 2. The number of aryl methyl sites for hydroxylation is 2. The highest BCUT2D eigenvalue weighted by Crippen LogP contribution is 2.47. The van der Waals surface area contributed by atoms with Gasteiger partial charge in [0.05, 0.1) is 11.0 Å². The minimum atomic E-state index is 0.872. The first-order valence-corrected chi connectivity index (χ1v) is 20.3. The van der Waals surface area contributed by atoms with E-state index in [1.165, 1.54) is 55.2 Å². The topological polar surface area (TPSA) is 21.3 Å². The van der Waals surface area contributed by atoms with Crippen molar-refractivity contribution in [1.29, 1.82) is 0 Å². The summed E-state index contributed by atoms with van der Waals surface area (Å²) in [6, 6.07) is 74.3. The number of hydrogen-bond donors (Lipinski definition) is 0. The molecule has 0 bridgehead atoms. The summed E-state index contributed by atoms with van der Waals surface area (Å²) in [4.78, 5) is 2.45. The second-order valence-corrected chi connectivity index (χ2v) is 15.4. The average molecular weight is 757 g/mol. The number of fused-ring (bicyclic) bond motifs is 6. The Morgan fingerprint density at radius 3 is 1.66 bits per heavy atom. The van der Waals surface area contributed by atoms with Crippen molar-refractivity contribution in [2.75, 3.05) is 4.90 Å². The zero-order valence-corrected chi connectivity index (χ0v) is 32.9. The minimum Gasteiger partial charge on any atom is -0.455 e. The lowest BCUT2D eigenvalue weighted by molar-refractivity contribution is 0.670. The van der Waals surface area contributed by atoms with Gasteiger partial charge < -0.3 is 13.9 Å². The molecule has 0 saturated carbocycles. The SMILES string of the molecule is Cc1ccccc1N(c1cc(-c2cccc(-n3c4ccccc4c4ccccc43)c2)c2oc3ccccc3c2c1)c1cc(-c2ccccc2)c(-c2ccccc2)cc1C. The fourth-order valence-corrected chi connectivity index (χ4v) is 9.04. The molecule has 0 saturated heterocycles. The van der Waals surface area contributed by atoms with Crippen LogP contribution in [0.5, 0.6) is 0 Å². The van der Waals surface area contributed by atoms with E-state index in [0.717, 1.165) is 55.8 Å². The number of benzene rings is 9. The Kier molecular flexibility index (Phi) is 8.27. The molecule has 0 atom stereocenters. The van der Waals surface area contributed by atoms with Crippen LogP contribution in [0.1, 0.15) is 11.1 Å². The third-order valence-corrected chi connectivity index (χ3v) is 11.8. The smallest absolute Gasteiger partial charge is 0.143 e. The van der Waals surface area contributed by atoms with Crippen LogP contribution in [-0.4, -0.2) is 4.57 Å². The lowest BCUT2D eigenvalue weighted by atomic mass is 9.91. The van der Waals surface area contributed by atoms with Crippen LogP contribution < -0.4 is 4.90 Å². The molecule has 9 aromatic carbocycles. The van der Waals surface area contributed by atoms with Crippen LogP contribution in [0, 0.1) is 13.8 Å². The molecular formula is C56H40N2O. The average Bonchev–Trinajstić information content (AvgIpc) is 3.84. The number of rotatable bonds is 7. The summed E-state index contributed by atoms with van der Waals surface area (Å²) < 4.78 is 9.20. The molecule has 3 heteroatoms. The summed E-state index contributed by atoms with van der Waals surface area (Å²) in [6.45, 7) is 4.44. The second kappa shape index (κ2) is 14.1. The van der Waals surface area contributed by atoms with Gasteiger partial charge in [0.25, 0.3) is 0 Å². The van der Waals surface area contributed by atoms with E-state index in [2.05, 4.69) is 230 Å². The van der Waals surface area contributed by atoms with E-state index in [9.17, 15) is 0 Å². The predicted octanol–water partition coefficient (Wildman–Crippen LogP) is 15.8. The lowest BCUT2D eigenvalue weighted by Crippen LogP contribution is -2.13. The number of para-hydroxylation sites is 4. The molecule has 0 aliphatic heterocycles. The molecule has 0 radical (unpaired) electrons. The zero-order valence-electron chi connectivity index (χ0n) is 32.9. The second-order valence-electron chi connectivity index (χ2n) is 15.4. The van der Waals surface area contributed by atoms with Crippen molar-refractivity contribution in [3.05, 3.63) is 217 Å². The van der Waals surface area contributed by atoms with Gasteiger partial charge in [-0.05, 0) is 113 Å². The molecule has 2 heterocycles. The number of hydrogen-bond acceptors (Lipinski definition) is 2. The van der Waals surface area contributed by atoms with E-state index in [0.29, 0.717) is 0 Å². The zero-order chi connectivity index (χ0) is 39.5. The summed E-state index contributed by atoms with van der Waals surface area (Å²) >= 11 is 0. The molecule has 0 aliphatic rings. The molecule has 11 rings (SSSR count). The van der Waals surface area contributed by atoms with E-state index in [1.54, 1.807) is 0 Å². The third-order valence-electron chi connectivity index (χ3n) is 11.8. The van der Waals surface area contributed by atoms with Crippen LogP contribution >= 0.6 is 0 Å². The molecule has 0 fully saturated rings. The van der Waals surface area contributed by atoms with Crippen molar-refractivity contribution in [2.45, 2.75) is 13.8 Å². The summed E-state index contributed by atoms with van der Waals surface area (Å²) in [5.41, 5.74) is 17.8. The summed E-state index contributed by atoms with van der Waals surface area (Å²) in [6.07, 6.45) is 0. The van der Waals surface area contributed by atoms with Crippen molar-refractivity contribution in [1.82, 2.24) is 4.57 Å². The van der Waals surface area contributed by atoms with Crippen molar-refractivity contribution >= 4 is 60.8 Å². The molecule has 0 aliphatic carbocycles. The maximum absolute atomic E-state index is 6.82. The van der Waals surface area contributed by atoms with Gasteiger partial charge in [-0.25, -0.2) is 0 Å². The van der Waals surface area contributed by atoms with Gasteiger partial charge >= 0.3 is 0 Å². The van der Waals surface area contributed by atoms with E-state index >= 15 is 0 Å². The van der Waals surface area contributed by atoms with E-state index in [4.69, 9.17) is 4.42 Å². The monoisotopic (exact) mass is 756 g/mol. The van der Waals surface area contributed by atoms with Crippen LogP contribution in [0.25, 0.3) is 82.8 Å². The highest BCUT2D eigenvalue weighted by molar-refractivity contribution is 6.12. The number of furan rings is 1. The Labute approximate surface area is 343 Å². The first-order chi connectivity index (χ1) is 29.1. The minimum absolute atomic E-state index is 0.872. The fourth-order valence-electron chi connectivity index (χ4n) is 9.04. The summed E-state index contributed by atoms with van der Waals surface area (Å²) in [5, 5.41) is 4.66. The fraction of sp³-hybridized carbons (Fsp3) is 0.0357. The number of anilines is 3. The molecule has 0 unspecified atom stereocenters. The van der Waals surface area contributed by atoms with E-state index in [-0.39, 0.29) is 0 Å². The van der Waals surface area contributed by atoms with Gasteiger partial charge in [-0.15, -0.1) is 0 Å². The Balaban J connectivity index is 1.18. The van der Waals surface area contributed by atoms with Crippen LogP contribution in [-0.2, 0) is 0 Å². The Bertz CT molecular complexity index is 3300. The highest BCUT2D eigenvalue weighted by atomic mass is 16.3. The van der Waals surface area contributed by atoms with Crippen molar-refractivity contribution in [3.63, 3.8) is 0 Å². The Morgan fingerprint density at radius 1 is 0.390 bits per heavy atom. The van der Waals surface area contributed by atoms with Gasteiger partial charge in [-0.2, -0.15) is 0 Å². The third kappa shape index (κ3) is 5.82. The standard InChI is InChI=1S/C56H40N2O/c1-37-18-9-13-28-51(37)58(54-36-48(40-21-7-4-8-22-40)47(32-38(54)2)39-19-5-3-6-20-39)43-34-49(56-50(35-43)46-27-12-16-31-55(46)59-56)41-23-17-24-42(33-41)57-52-29-14-10-25-44(52)45-26-11-15-30-53(45)57/h3-36H,1-2H3. The Morgan fingerprint density at radius 2 is 0.966 bits per heavy atom. The van der Waals surface area contributed by atoms with Gasteiger partial charge in [0.1, 0.15) is 11.2 Å². The molecule has 2 aromatic heterocycles. The van der Waals surface area contributed by atoms with Crippen LogP contribution in [0.15, 0.2) is 211 Å². The quantitative estimate of drug-likeness (QED) is 0.161. The molecule has 59 heavy (non-hydrogen) atoms. The molecule has 11 aromatic rings. The lowest BCUT2D eigenvalue weighted by Gasteiger charge is -2.30. The van der Waals surface area contributed by atoms with Crippen molar-refractivity contribution < 1.29 is 4.42 Å². The van der Waals surface area contributed by atoms with Crippen LogP contribution in [0.3, 0.4) is 0 Å². The molecular weight excluding hydrogens is 717 g/mol. The van der Waals surface area contributed by atoms with Crippen molar-refractivity contribution in [3.8, 4) is 39.1 Å². The van der Waals surface area contributed by atoms with Crippen LogP contribution in [0.4, 0.5) is 17.1 Å². The molecule has 3 nitrogen and oxygen atoms in total. The maximum atomic E-state index is 6.82. The summed E-state index contributed by atoms with van der Waals surface area (Å²) in [7, 11) is 0. The van der Waals surface area contributed by atoms with Crippen LogP contribution in [0.2, 0.25) is 0 Å². The van der Waals surface area contributed by atoms with Crippen molar-refractivity contribution in [2.24, 2.45) is 0 Å². The predicted molar refractivity (Wildman–Crippen MR) is 249 cm³/mol. The van der Waals surface area contributed by atoms with Gasteiger partial charge in [0, 0.05) is 49.9 Å². The first-order valence-electron chi connectivity index (χ1n) is 20.3. The molecule has 0 N–H and O–H groups in total. The summed E-state index contributed by atoms with van der Waals surface area (Å²) in [5.74, 6) is 0. The van der Waals surface area contributed by atoms with Gasteiger partial charge in [-0.3, -0.25) is 0 Å². The molecule has 0 amide bonds. The Hall–Kier alpha value is -7.62. The van der Waals surface area contributed by atoms with Gasteiger partial charge in [0.2, 0.25) is 0 Å². The van der Waals surface area contributed by atoms with Gasteiger partial charge in [-0.1, -0.05) is 146 Å². The van der Waals surface area contributed by atoms with E-state index < -0.39 is 0 Å². The number of aromatic nitrogens is 1. The first kappa shape index (κ1) is 34.6. The largest absolute Gasteiger partial charge is 0.455 e. The normalized spacial score (nSPS) is 11.6. The highest BCUT2D eigenvalue weighted by Gasteiger charge is 2.24. The molecule has 0 spiro atoms. The van der Waals surface area contributed by atoms with Gasteiger partial charge in [0.15, 0.2) is 0 Å². The van der Waals surface area contributed by atoms with E-state index in [1.807, 2.05) is 0 Å². The maximum Gasteiger partial charge on any atom is 0.143 e. The molecule has 280 valence electrons.